The van der Waals surface area contributed by atoms with E-state index < -0.39 is 29.6 Å². The van der Waals surface area contributed by atoms with Crippen LogP contribution in [0.1, 0.15) is 11.5 Å². The Hall–Kier alpha value is -2.79. The molecule has 3 N–H and O–H groups in total. The lowest BCUT2D eigenvalue weighted by molar-refractivity contribution is -0.137. The molecule has 0 unspecified atom stereocenters. The summed E-state index contributed by atoms with van der Waals surface area (Å²) >= 11 is 0.944. The molecule has 8 heteroatoms. The molecule has 0 aromatic heterocycles. The molecule has 1 heterocycles. The lowest BCUT2D eigenvalue weighted by Gasteiger charge is -2.30. The number of carbonyl (C=O) groups excluding carboxylic acids is 3. The quantitative estimate of drug-likeness (QED) is 0.755. The molecular weight excluding hydrogens is 330 g/mol. The fraction of sp³-hybridized carbons (Fsp3) is 0.250. The zero-order valence-electron chi connectivity index (χ0n) is 12.8. The summed E-state index contributed by atoms with van der Waals surface area (Å²) in [7, 11) is 1.24. The van der Waals surface area contributed by atoms with Crippen molar-refractivity contribution in [3.05, 3.63) is 46.5 Å². The Labute approximate surface area is 142 Å². The smallest absolute Gasteiger partial charge is 0.316 e. The first-order chi connectivity index (χ1) is 11.5. The van der Waals surface area contributed by atoms with Gasteiger partial charge >= 0.3 is 5.97 Å². The molecule has 24 heavy (non-hydrogen) atoms. The molecule has 124 valence electrons. The molecule has 0 fully saturated rings. The van der Waals surface area contributed by atoms with Gasteiger partial charge in [0.2, 0.25) is 11.8 Å². The molecule has 0 bridgehead atoms. The highest BCUT2D eigenvalue weighted by atomic mass is 32.2. The summed E-state index contributed by atoms with van der Waals surface area (Å²) in [6, 6.07) is 10.7. The van der Waals surface area contributed by atoms with E-state index in [1.165, 1.54) is 7.11 Å². The van der Waals surface area contributed by atoms with Gasteiger partial charge in [-0.2, -0.15) is 5.26 Å². The van der Waals surface area contributed by atoms with E-state index in [0.717, 1.165) is 11.8 Å². The van der Waals surface area contributed by atoms with E-state index in [1.54, 1.807) is 30.3 Å². The first-order valence-electron chi connectivity index (χ1n) is 6.98. The highest BCUT2D eigenvalue weighted by Crippen LogP contribution is 2.39. The van der Waals surface area contributed by atoms with Crippen LogP contribution in [0.25, 0.3) is 0 Å². The van der Waals surface area contributed by atoms with Crippen molar-refractivity contribution in [2.75, 3.05) is 12.9 Å². The van der Waals surface area contributed by atoms with Crippen LogP contribution in [0.4, 0.5) is 0 Å². The van der Waals surface area contributed by atoms with Gasteiger partial charge in [-0.25, -0.2) is 0 Å². The number of nitrogens with two attached hydrogens (primary N) is 1. The number of ether oxygens (including phenoxy) is 1. The van der Waals surface area contributed by atoms with E-state index in [2.05, 4.69) is 10.1 Å². The maximum atomic E-state index is 12.3. The van der Waals surface area contributed by atoms with Gasteiger partial charge in [0.25, 0.3) is 0 Å². The minimum Gasteiger partial charge on any atom is -0.468 e. The number of benzene rings is 1. The van der Waals surface area contributed by atoms with Crippen molar-refractivity contribution in [3.63, 3.8) is 0 Å². The minimum absolute atomic E-state index is 0.0956. The first-order valence-corrected chi connectivity index (χ1v) is 7.97. The molecule has 0 aliphatic carbocycles. The third-order valence-electron chi connectivity index (χ3n) is 3.53. The summed E-state index contributed by atoms with van der Waals surface area (Å²) in [4.78, 5) is 35.6. The SMILES string of the molecule is COC(=O)CSC1=C(C(N)=O)[C@@H](c2ccccc2)[C@H](C#N)C(=O)N1. The van der Waals surface area contributed by atoms with E-state index >= 15 is 0 Å². The van der Waals surface area contributed by atoms with Crippen molar-refractivity contribution >= 4 is 29.5 Å². The second kappa shape index (κ2) is 7.66. The predicted molar refractivity (Wildman–Crippen MR) is 87.1 cm³/mol. The lowest BCUT2D eigenvalue weighted by atomic mass is 9.78. The van der Waals surface area contributed by atoms with Gasteiger partial charge in [0.05, 0.1) is 29.5 Å². The van der Waals surface area contributed by atoms with Gasteiger partial charge in [-0.1, -0.05) is 42.1 Å². The van der Waals surface area contributed by atoms with E-state index in [1.807, 2.05) is 6.07 Å². The molecule has 1 aromatic rings. The normalized spacial score (nSPS) is 20.1. The van der Waals surface area contributed by atoms with E-state index in [0.29, 0.717) is 5.56 Å². The molecule has 2 atom stereocenters. The Morgan fingerprint density at radius 2 is 2.04 bits per heavy atom. The topological polar surface area (TPSA) is 122 Å². The molecule has 2 amide bonds. The number of hydrogen-bond donors (Lipinski definition) is 2. The van der Waals surface area contributed by atoms with E-state index in [9.17, 15) is 19.6 Å². The molecule has 0 radical (unpaired) electrons. The van der Waals surface area contributed by atoms with Crippen molar-refractivity contribution in [1.29, 1.82) is 5.26 Å². The first kappa shape index (κ1) is 17.6. The Morgan fingerprint density at radius 3 is 2.58 bits per heavy atom. The Bertz CT molecular complexity index is 739. The molecule has 0 spiro atoms. The van der Waals surface area contributed by atoms with E-state index in [4.69, 9.17) is 5.73 Å². The standard InChI is InChI=1S/C16H15N3O4S/c1-23-11(20)8-24-16-13(14(18)21)12(9-5-3-2-4-6-9)10(7-17)15(22)19-16/h2-6,10,12H,8H2,1H3,(H2,18,21)(H,19,22)/t10-,12-/m0/s1. The van der Waals surface area contributed by atoms with Gasteiger partial charge < -0.3 is 15.8 Å². The second-order valence-electron chi connectivity index (χ2n) is 4.96. The molecule has 1 aromatic carbocycles. The molecule has 1 aliphatic rings. The number of amides is 2. The minimum atomic E-state index is -1.09. The Kier molecular flexibility index (Phi) is 5.60. The van der Waals surface area contributed by atoms with Crippen molar-refractivity contribution in [2.24, 2.45) is 11.7 Å². The molecule has 1 aliphatic heterocycles. The van der Waals surface area contributed by atoms with Gasteiger partial charge in [-0.3, -0.25) is 14.4 Å². The van der Waals surface area contributed by atoms with Crippen molar-refractivity contribution < 1.29 is 19.1 Å². The van der Waals surface area contributed by atoms with Crippen LogP contribution in [-0.2, 0) is 19.1 Å². The predicted octanol–water partition coefficient (Wildman–Crippen LogP) is 0.643. The van der Waals surface area contributed by atoms with Gasteiger partial charge in [0.15, 0.2) is 0 Å². The zero-order chi connectivity index (χ0) is 17.7. The Morgan fingerprint density at radius 1 is 1.38 bits per heavy atom. The van der Waals surface area contributed by atoms with E-state index in [-0.39, 0.29) is 16.4 Å². The molecule has 2 rings (SSSR count). The fourth-order valence-electron chi connectivity index (χ4n) is 2.44. The number of hydrogen-bond acceptors (Lipinski definition) is 6. The number of nitriles is 1. The number of carbonyl (C=O) groups is 3. The number of nitrogens with one attached hydrogen (secondary N) is 1. The number of thioether (sulfide) groups is 1. The van der Waals surface area contributed by atoms with Crippen molar-refractivity contribution in [2.45, 2.75) is 5.92 Å². The summed E-state index contributed by atoms with van der Waals surface area (Å²) < 4.78 is 4.55. The monoisotopic (exact) mass is 345 g/mol. The third kappa shape index (κ3) is 3.58. The van der Waals surface area contributed by atoms with Crippen LogP contribution in [0.5, 0.6) is 0 Å². The highest BCUT2D eigenvalue weighted by Gasteiger charge is 2.41. The fourth-order valence-corrected chi connectivity index (χ4v) is 3.37. The van der Waals surface area contributed by atoms with Crippen LogP contribution in [0.15, 0.2) is 40.9 Å². The van der Waals surface area contributed by atoms with Crippen LogP contribution in [0, 0.1) is 17.2 Å². The highest BCUT2D eigenvalue weighted by molar-refractivity contribution is 8.03. The van der Waals surface area contributed by atoms with Crippen LogP contribution in [0.2, 0.25) is 0 Å². The summed E-state index contributed by atoms with van der Waals surface area (Å²) in [5.41, 5.74) is 6.24. The van der Waals surface area contributed by atoms with Crippen LogP contribution in [0.3, 0.4) is 0 Å². The average Bonchev–Trinajstić information content (AvgIpc) is 2.59. The summed E-state index contributed by atoms with van der Waals surface area (Å²) in [5.74, 6) is -3.77. The van der Waals surface area contributed by atoms with Gasteiger partial charge in [-0.15, -0.1) is 0 Å². The number of esters is 1. The molecular formula is C16H15N3O4S. The van der Waals surface area contributed by atoms with Gasteiger partial charge in [0.1, 0.15) is 5.92 Å². The Balaban J connectivity index is 2.52. The maximum absolute atomic E-state index is 12.3. The maximum Gasteiger partial charge on any atom is 0.316 e. The van der Waals surface area contributed by atoms with Gasteiger partial charge in [-0.05, 0) is 5.56 Å². The lowest BCUT2D eigenvalue weighted by Crippen LogP contribution is -2.42. The number of primary amides is 1. The van der Waals surface area contributed by atoms with Crippen LogP contribution in [-0.4, -0.2) is 30.6 Å². The number of nitrogens with zero attached hydrogens (tertiary/aromatic N) is 1. The molecule has 7 nitrogen and oxygen atoms in total. The average molecular weight is 345 g/mol. The van der Waals surface area contributed by atoms with Crippen LogP contribution < -0.4 is 11.1 Å². The largest absolute Gasteiger partial charge is 0.468 e. The number of rotatable bonds is 5. The van der Waals surface area contributed by atoms with Gasteiger partial charge in [0, 0.05) is 5.92 Å². The van der Waals surface area contributed by atoms with Crippen LogP contribution >= 0.6 is 11.8 Å². The summed E-state index contributed by atoms with van der Waals surface area (Å²) in [6.07, 6.45) is 0. The summed E-state index contributed by atoms with van der Waals surface area (Å²) in [6.45, 7) is 0. The molecule has 0 saturated carbocycles. The molecule has 0 saturated heterocycles. The second-order valence-corrected chi connectivity index (χ2v) is 5.94. The number of methoxy groups -OCH3 is 1. The van der Waals surface area contributed by atoms with Crippen molar-refractivity contribution in [1.82, 2.24) is 5.32 Å². The summed E-state index contributed by atoms with van der Waals surface area (Å²) in [5, 5.41) is 12.0. The third-order valence-corrected chi connectivity index (χ3v) is 4.52. The van der Waals surface area contributed by atoms with Crippen molar-refractivity contribution in [3.8, 4) is 6.07 Å². The zero-order valence-corrected chi connectivity index (χ0v) is 13.6.